The Hall–Kier alpha value is -2.38. The van der Waals surface area contributed by atoms with Crippen molar-refractivity contribution in [3.8, 4) is 0 Å². The Morgan fingerprint density at radius 3 is 2.67 bits per heavy atom. The summed E-state index contributed by atoms with van der Waals surface area (Å²) in [5, 5.41) is 4.34. The van der Waals surface area contributed by atoms with Crippen molar-refractivity contribution in [3.63, 3.8) is 0 Å². The third kappa shape index (κ3) is 4.48. The number of rotatable bonds is 5. The smallest absolute Gasteiger partial charge is 0.294 e. The molecule has 2 aromatic rings. The Kier molecular flexibility index (Phi) is 5.82. The third-order valence-electron chi connectivity index (χ3n) is 4.40. The number of thioether (sulfide) groups is 1. The minimum Gasteiger partial charge on any atom is -0.348 e. The van der Waals surface area contributed by atoms with E-state index in [1.54, 1.807) is 6.08 Å². The van der Waals surface area contributed by atoms with Crippen molar-refractivity contribution in [2.24, 2.45) is 0 Å². The Labute approximate surface area is 166 Å². The zero-order valence-electron chi connectivity index (χ0n) is 15.3. The molecule has 1 aromatic carbocycles. The summed E-state index contributed by atoms with van der Waals surface area (Å²) in [6.07, 6.45) is 1.69. The fourth-order valence-electron chi connectivity index (χ4n) is 2.69. The first-order valence-electron chi connectivity index (χ1n) is 8.50. The second-order valence-electron chi connectivity index (χ2n) is 6.42. The van der Waals surface area contributed by atoms with Gasteiger partial charge in [0.2, 0.25) is 5.91 Å². The van der Waals surface area contributed by atoms with Gasteiger partial charge in [-0.15, -0.1) is 11.3 Å². The van der Waals surface area contributed by atoms with Crippen LogP contribution in [0.1, 0.15) is 34.5 Å². The van der Waals surface area contributed by atoms with Gasteiger partial charge in [0.05, 0.1) is 10.9 Å². The summed E-state index contributed by atoms with van der Waals surface area (Å²) < 4.78 is 0. The SMILES string of the molecule is Cc1ccc(C(C)NC(=O)CN2C(=O)S/C(=C\c3cccs3)C2=O)cc1C. The van der Waals surface area contributed by atoms with E-state index in [-0.39, 0.29) is 18.5 Å². The average Bonchev–Trinajstić information content (AvgIpc) is 3.21. The number of thiophene rings is 1. The Morgan fingerprint density at radius 1 is 1.22 bits per heavy atom. The molecule has 1 unspecified atom stereocenters. The Balaban J connectivity index is 1.64. The number of aryl methyl sites for hydroxylation is 2. The summed E-state index contributed by atoms with van der Waals surface area (Å²) in [5.74, 6) is -0.784. The zero-order valence-corrected chi connectivity index (χ0v) is 16.9. The first kappa shape index (κ1) is 19.4. The second kappa shape index (κ2) is 8.10. The predicted octanol–water partition coefficient (Wildman–Crippen LogP) is 4.28. The van der Waals surface area contributed by atoms with Crippen molar-refractivity contribution in [3.05, 3.63) is 62.2 Å². The standard InChI is InChI=1S/C20H20N2O3S2/c1-12-6-7-15(9-13(12)2)14(3)21-18(23)11-22-19(24)17(27-20(22)25)10-16-5-4-8-26-16/h4-10,14H,11H2,1-3H3,(H,21,23)/b17-10-. The molecule has 1 N–H and O–H groups in total. The molecule has 1 aliphatic rings. The lowest BCUT2D eigenvalue weighted by Gasteiger charge is -2.18. The molecule has 27 heavy (non-hydrogen) atoms. The summed E-state index contributed by atoms with van der Waals surface area (Å²) in [5.41, 5.74) is 3.32. The van der Waals surface area contributed by atoms with Crippen LogP contribution in [0.15, 0.2) is 40.6 Å². The van der Waals surface area contributed by atoms with Crippen LogP contribution in [0, 0.1) is 13.8 Å². The van der Waals surface area contributed by atoms with Crippen LogP contribution in [0.3, 0.4) is 0 Å². The van der Waals surface area contributed by atoms with Crippen molar-refractivity contribution in [1.29, 1.82) is 0 Å². The first-order valence-corrected chi connectivity index (χ1v) is 10.2. The highest BCUT2D eigenvalue weighted by Crippen LogP contribution is 2.32. The lowest BCUT2D eigenvalue weighted by molar-refractivity contribution is -0.129. The maximum atomic E-state index is 12.5. The number of benzene rings is 1. The third-order valence-corrected chi connectivity index (χ3v) is 6.13. The van der Waals surface area contributed by atoms with Crippen LogP contribution in [0.25, 0.3) is 6.08 Å². The van der Waals surface area contributed by atoms with Crippen LogP contribution in [0.2, 0.25) is 0 Å². The van der Waals surface area contributed by atoms with E-state index in [1.807, 2.05) is 56.5 Å². The van der Waals surface area contributed by atoms with Crippen LogP contribution < -0.4 is 5.32 Å². The fourth-order valence-corrected chi connectivity index (χ4v) is 4.25. The maximum Gasteiger partial charge on any atom is 0.294 e. The second-order valence-corrected chi connectivity index (χ2v) is 8.39. The molecule has 5 nitrogen and oxygen atoms in total. The van der Waals surface area contributed by atoms with Gasteiger partial charge in [-0.1, -0.05) is 24.3 Å². The van der Waals surface area contributed by atoms with Gasteiger partial charge in [-0.05, 0) is 66.7 Å². The molecule has 1 fully saturated rings. The molecular formula is C20H20N2O3S2. The summed E-state index contributed by atoms with van der Waals surface area (Å²) in [6, 6.07) is 9.55. The van der Waals surface area contributed by atoms with E-state index in [0.29, 0.717) is 4.91 Å². The van der Waals surface area contributed by atoms with Crippen LogP contribution in [0.5, 0.6) is 0 Å². The Morgan fingerprint density at radius 2 is 2.00 bits per heavy atom. The molecule has 2 heterocycles. The highest BCUT2D eigenvalue weighted by atomic mass is 32.2. The average molecular weight is 401 g/mol. The van der Waals surface area contributed by atoms with Gasteiger partial charge >= 0.3 is 0 Å². The van der Waals surface area contributed by atoms with Crippen molar-refractivity contribution in [1.82, 2.24) is 10.2 Å². The van der Waals surface area contributed by atoms with E-state index in [4.69, 9.17) is 0 Å². The summed E-state index contributed by atoms with van der Waals surface area (Å²) in [6.45, 7) is 5.66. The fraction of sp³-hybridized carbons (Fsp3) is 0.250. The van der Waals surface area contributed by atoms with E-state index < -0.39 is 11.1 Å². The quantitative estimate of drug-likeness (QED) is 0.761. The maximum absolute atomic E-state index is 12.5. The molecule has 140 valence electrons. The molecule has 7 heteroatoms. The molecule has 1 saturated heterocycles. The summed E-state index contributed by atoms with van der Waals surface area (Å²) in [4.78, 5) is 39.2. The molecule has 3 amide bonds. The summed E-state index contributed by atoms with van der Waals surface area (Å²) >= 11 is 2.35. The molecule has 0 aliphatic carbocycles. The largest absolute Gasteiger partial charge is 0.348 e. The van der Waals surface area contributed by atoms with Crippen LogP contribution >= 0.6 is 23.1 Å². The number of imide groups is 1. The Bertz CT molecular complexity index is 919. The van der Waals surface area contributed by atoms with E-state index in [9.17, 15) is 14.4 Å². The summed E-state index contributed by atoms with van der Waals surface area (Å²) in [7, 11) is 0. The lowest BCUT2D eigenvalue weighted by Crippen LogP contribution is -2.40. The van der Waals surface area contributed by atoms with E-state index in [0.717, 1.165) is 32.7 Å². The lowest BCUT2D eigenvalue weighted by atomic mass is 10.0. The van der Waals surface area contributed by atoms with Crippen LogP contribution in [0.4, 0.5) is 4.79 Å². The monoisotopic (exact) mass is 400 g/mol. The van der Waals surface area contributed by atoms with Gasteiger partial charge in [0, 0.05) is 4.88 Å². The molecule has 1 aromatic heterocycles. The minimum absolute atomic E-state index is 0.210. The normalized spacial score (nSPS) is 16.9. The molecule has 1 atom stereocenters. The number of hydrogen-bond donors (Lipinski definition) is 1. The van der Waals surface area contributed by atoms with Gasteiger partial charge in [-0.2, -0.15) is 0 Å². The molecule has 1 aliphatic heterocycles. The molecule has 3 rings (SSSR count). The highest BCUT2D eigenvalue weighted by Gasteiger charge is 2.36. The molecule has 0 bridgehead atoms. The minimum atomic E-state index is -0.424. The number of hydrogen-bond acceptors (Lipinski definition) is 5. The van der Waals surface area contributed by atoms with Gasteiger partial charge in [-0.3, -0.25) is 19.3 Å². The van der Waals surface area contributed by atoms with Gasteiger partial charge in [0.25, 0.3) is 11.1 Å². The van der Waals surface area contributed by atoms with Crippen LogP contribution in [-0.2, 0) is 9.59 Å². The van der Waals surface area contributed by atoms with E-state index in [2.05, 4.69) is 5.32 Å². The van der Waals surface area contributed by atoms with Gasteiger partial charge in [0.1, 0.15) is 6.54 Å². The number of carbonyl (C=O) groups excluding carboxylic acids is 3. The van der Waals surface area contributed by atoms with Crippen molar-refractivity contribution >= 4 is 46.2 Å². The van der Waals surface area contributed by atoms with Gasteiger partial charge in [0.15, 0.2) is 0 Å². The topological polar surface area (TPSA) is 66.5 Å². The van der Waals surface area contributed by atoms with Crippen molar-refractivity contribution in [2.75, 3.05) is 6.54 Å². The molecule has 0 radical (unpaired) electrons. The number of nitrogens with zero attached hydrogens (tertiary/aromatic N) is 1. The van der Waals surface area contributed by atoms with E-state index in [1.165, 1.54) is 16.9 Å². The number of nitrogens with one attached hydrogen (secondary N) is 1. The zero-order chi connectivity index (χ0) is 19.6. The van der Waals surface area contributed by atoms with Crippen LogP contribution in [-0.4, -0.2) is 28.5 Å². The predicted molar refractivity (Wildman–Crippen MR) is 109 cm³/mol. The molecule has 0 saturated carbocycles. The van der Waals surface area contributed by atoms with E-state index >= 15 is 0 Å². The van der Waals surface area contributed by atoms with Gasteiger partial charge in [-0.25, -0.2) is 0 Å². The molecule has 0 spiro atoms. The molecular weight excluding hydrogens is 380 g/mol. The highest BCUT2D eigenvalue weighted by molar-refractivity contribution is 8.18. The number of amides is 3. The number of carbonyl (C=O) groups is 3. The van der Waals surface area contributed by atoms with Gasteiger partial charge < -0.3 is 5.32 Å². The first-order chi connectivity index (χ1) is 12.8. The van der Waals surface area contributed by atoms with Crippen molar-refractivity contribution < 1.29 is 14.4 Å². The van der Waals surface area contributed by atoms with Crippen molar-refractivity contribution in [2.45, 2.75) is 26.8 Å².